The van der Waals surface area contributed by atoms with Crippen LogP contribution >= 0.6 is 11.3 Å². The van der Waals surface area contributed by atoms with Gasteiger partial charge in [-0.3, -0.25) is 10.2 Å². The van der Waals surface area contributed by atoms with Gasteiger partial charge in [-0.15, -0.1) is 0 Å². The molecule has 0 radical (unpaired) electrons. The van der Waals surface area contributed by atoms with Crippen LogP contribution in [0.15, 0.2) is 42.6 Å². The van der Waals surface area contributed by atoms with Crippen LogP contribution in [0.4, 0.5) is 9.93 Å². The van der Waals surface area contributed by atoms with Crippen LogP contribution in [0.1, 0.15) is 48.6 Å². The van der Waals surface area contributed by atoms with E-state index < -0.39 is 11.7 Å². The van der Waals surface area contributed by atoms with Crippen molar-refractivity contribution < 1.29 is 19.0 Å². The van der Waals surface area contributed by atoms with Crippen LogP contribution in [0.3, 0.4) is 0 Å². The molecule has 1 unspecified atom stereocenters. The second-order valence-corrected chi connectivity index (χ2v) is 10.5. The molecule has 3 aromatic rings. The van der Waals surface area contributed by atoms with E-state index in [0.29, 0.717) is 23.4 Å². The summed E-state index contributed by atoms with van der Waals surface area (Å²) in [6.07, 6.45) is 1.93. The Balaban J connectivity index is 1.17. The van der Waals surface area contributed by atoms with Crippen LogP contribution in [0.5, 0.6) is 11.6 Å². The molecule has 0 spiro atoms. The van der Waals surface area contributed by atoms with E-state index in [0.717, 1.165) is 37.3 Å². The molecule has 9 heteroatoms. The maximum atomic E-state index is 12.1. The van der Waals surface area contributed by atoms with E-state index >= 15 is 0 Å². The number of anilines is 1. The fourth-order valence-corrected chi connectivity index (χ4v) is 5.03. The first-order valence-corrected chi connectivity index (χ1v) is 12.2. The van der Waals surface area contributed by atoms with Gasteiger partial charge in [0.2, 0.25) is 0 Å². The van der Waals surface area contributed by atoms with E-state index in [2.05, 4.69) is 44.5 Å². The number of rotatable bonds is 4. The van der Waals surface area contributed by atoms with Crippen LogP contribution in [-0.2, 0) is 24.2 Å². The molecule has 1 atom stereocenters. The number of fused-ring (bicyclic) bond motifs is 2. The van der Waals surface area contributed by atoms with E-state index in [1.54, 1.807) is 6.20 Å². The Morgan fingerprint density at radius 2 is 2.09 bits per heavy atom. The molecule has 0 aliphatic carbocycles. The molecule has 178 valence electrons. The molecule has 8 nitrogen and oxygen atoms in total. The number of carbonyl (C=O) groups excluding carboxylic acids is 1. The van der Waals surface area contributed by atoms with Gasteiger partial charge in [-0.1, -0.05) is 35.6 Å². The SMILES string of the molecule is CC(C)(C)OC(=O)Nc1nc2c(s1)CN(Cc1ccc(C3COc4cccnc4O3)cc1)CC2. The predicted molar refractivity (Wildman–Crippen MR) is 129 cm³/mol. The third-order valence-corrected chi connectivity index (χ3v) is 6.55. The smallest absolute Gasteiger partial charge is 0.413 e. The summed E-state index contributed by atoms with van der Waals surface area (Å²) < 4.78 is 17.1. The van der Waals surface area contributed by atoms with Crippen molar-refractivity contribution in [1.29, 1.82) is 0 Å². The van der Waals surface area contributed by atoms with Gasteiger partial charge in [0.1, 0.15) is 12.2 Å². The van der Waals surface area contributed by atoms with Crippen molar-refractivity contribution in [3.63, 3.8) is 0 Å². The summed E-state index contributed by atoms with van der Waals surface area (Å²) in [6, 6.07) is 12.2. The van der Waals surface area contributed by atoms with Crippen LogP contribution < -0.4 is 14.8 Å². The zero-order valence-electron chi connectivity index (χ0n) is 19.5. The fraction of sp³-hybridized carbons (Fsp3) is 0.400. The first-order valence-electron chi connectivity index (χ1n) is 11.4. The third kappa shape index (κ3) is 5.31. The maximum absolute atomic E-state index is 12.1. The van der Waals surface area contributed by atoms with E-state index in [9.17, 15) is 4.79 Å². The number of amides is 1. The molecule has 0 saturated heterocycles. The monoisotopic (exact) mass is 480 g/mol. The average molecular weight is 481 g/mol. The summed E-state index contributed by atoms with van der Waals surface area (Å²) in [5.41, 5.74) is 2.83. The minimum Gasteiger partial charge on any atom is -0.484 e. The predicted octanol–water partition coefficient (Wildman–Crippen LogP) is 4.96. The van der Waals surface area contributed by atoms with Gasteiger partial charge in [-0.25, -0.2) is 14.8 Å². The average Bonchev–Trinajstić information content (AvgIpc) is 3.19. The van der Waals surface area contributed by atoms with Gasteiger partial charge in [-0.05, 0) is 44.0 Å². The van der Waals surface area contributed by atoms with Crippen LogP contribution in [-0.4, -0.2) is 39.7 Å². The third-order valence-electron chi connectivity index (χ3n) is 5.56. The van der Waals surface area contributed by atoms with Crippen molar-refractivity contribution in [2.45, 2.75) is 52.0 Å². The fourth-order valence-electron chi connectivity index (χ4n) is 4.00. The van der Waals surface area contributed by atoms with Gasteiger partial charge >= 0.3 is 6.09 Å². The second-order valence-electron chi connectivity index (χ2n) is 9.44. The molecule has 1 amide bonds. The summed E-state index contributed by atoms with van der Waals surface area (Å²) in [6.45, 7) is 8.58. The lowest BCUT2D eigenvalue weighted by Crippen LogP contribution is -2.29. The number of hydrogen-bond donors (Lipinski definition) is 1. The molecule has 5 rings (SSSR count). The molecule has 1 N–H and O–H groups in total. The molecule has 1 aromatic carbocycles. The van der Waals surface area contributed by atoms with Crippen molar-refractivity contribution in [3.8, 4) is 11.6 Å². The minimum atomic E-state index is -0.537. The molecule has 2 aliphatic rings. The van der Waals surface area contributed by atoms with Crippen molar-refractivity contribution in [3.05, 3.63) is 64.3 Å². The Labute approximate surface area is 202 Å². The van der Waals surface area contributed by atoms with Crippen LogP contribution in [0.2, 0.25) is 0 Å². The number of thiazole rings is 1. The zero-order chi connectivity index (χ0) is 23.7. The standard InChI is InChI=1S/C25H28N4O4S/c1-25(2,3)33-24(30)28-23-27-18-10-12-29(14-21(18)34-23)13-16-6-8-17(9-7-16)20-15-31-19-5-4-11-26-22(19)32-20/h4-9,11,20H,10,12-15H2,1-3H3,(H,27,28,30). The molecular formula is C25H28N4O4S. The molecule has 2 aromatic heterocycles. The molecule has 0 bridgehead atoms. The lowest BCUT2D eigenvalue weighted by atomic mass is 10.1. The van der Waals surface area contributed by atoms with Crippen molar-refractivity contribution in [2.75, 3.05) is 18.5 Å². The number of nitrogens with zero attached hydrogens (tertiary/aromatic N) is 3. The maximum Gasteiger partial charge on any atom is 0.413 e. The number of aromatic nitrogens is 2. The van der Waals surface area contributed by atoms with E-state index in [4.69, 9.17) is 14.2 Å². The normalized spacial score (nSPS) is 17.7. The Morgan fingerprint density at radius 1 is 1.26 bits per heavy atom. The van der Waals surface area contributed by atoms with Gasteiger partial charge in [-0.2, -0.15) is 0 Å². The van der Waals surface area contributed by atoms with Gasteiger partial charge in [0, 0.05) is 37.1 Å². The van der Waals surface area contributed by atoms with E-state index in [1.165, 1.54) is 21.8 Å². The first kappa shape index (κ1) is 22.6. The van der Waals surface area contributed by atoms with Gasteiger partial charge in [0.15, 0.2) is 17.0 Å². The Morgan fingerprint density at radius 3 is 2.88 bits per heavy atom. The number of hydrogen-bond acceptors (Lipinski definition) is 8. The summed E-state index contributed by atoms with van der Waals surface area (Å²) in [5, 5.41) is 3.36. The summed E-state index contributed by atoms with van der Waals surface area (Å²) in [7, 11) is 0. The second kappa shape index (κ2) is 9.23. The largest absolute Gasteiger partial charge is 0.484 e. The van der Waals surface area contributed by atoms with Crippen LogP contribution in [0, 0.1) is 0 Å². The molecule has 4 heterocycles. The number of pyridine rings is 1. The Hall–Kier alpha value is -3.17. The van der Waals surface area contributed by atoms with E-state index in [-0.39, 0.29) is 6.10 Å². The number of carbonyl (C=O) groups is 1. The Kier molecular flexibility index (Phi) is 6.14. The van der Waals surface area contributed by atoms with Gasteiger partial charge in [0.05, 0.1) is 5.69 Å². The van der Waals surface area contributed by atoms with Crippen molar-refractivity contribution in [2.24, 2.45) is 0 Å². The number of ether oxygens (including phenoxy) is 3. The number of benzene rings is 1. The topological polar surface area (TPSA) is 85.8 Å². The lowest BCUT2D eigenvalue weighted by Gasteiger charge is -2.27. The van der Waals surface area contributed by atoms with Crippen molar-refractivity contribution >= 4 is 22.6 Å². The van der Waals surface area contributed by atoms with E-state index in [1.807, 2.05) is 32.9 Å². The highest BCUT2D eigenvalue weighted by Gasteiger charge is 2.25. The number of nitrogens with one attached hydrogen (secondary N) is 1. The molecule has 0 saturated carbocycles. The van der Waals surface area contributed by atoms with Crippen LogP contribution in [0.25, 0.3) is 0 Å². The highest BCUT2D eigenvalue weighted by atomic mass is 32.1. The summed E-state index contributed by atoms with van der Waals surface area (Å²) in [4.78, 5) is 24.5. The highest BCUT2D eigenvalue weighted by Crippen LogP contribution is 2.34. The lowest BCUT2D eigenvalue weighted by molar-refractivity contribution is 0.0636. The highest BCUT2D eigenvalue weighted by molar-refractivity contribution is 7.15. The van der Waals surface area contributed by atoms with Gasteiger partial charge in [0.25, 0.3) is 5.88 Å². The molecule has 0 fully saturated rings. The molecule has 34 heavy (non-hydrogen) atoms. The Bertz CT molecular complexity index is 1170. The van der Waals surface area contributed by atoms with Crippen molar-refractivity contribution in [1.82, 2.24) is 14.9 Å². The summed E-state index contributed by atoms with van der Waals surface area (Å²) in [5.74, 6) is 1.23. The van der Waals surface area contributed by atoms with Gasteiger partial charge < -0.3 is 14.2 Å². The quantitative estimate of drug-likeness (QED) is 0.565. The minimum absolute atomic E-state index is 0.165. The zero-order valence-corrected chi connectivity index (χ0v) is 20.4. The summed E-state index contributed by atoms with van der Waals surface area (Å²) >= 11 is 1.52. The molecular weight excluding hydrogens is 452 g/mol. The molecule has 2 aliphatic heterocycles. The first-order chi connectivity index (χ1) is 16.3.